The van der Waals surface area contributed by atoms with E-state index in [2.05, 4.69) is 15.3 Å². The third-order valence-electron chi connectivity index (χ3n) is 3.16. The van der Waals surface area contributed by atoms with E-state index in [1.54, 1.807) is 0 Å². The molecule has 0 aliphatic heterocycles. The summed E-state index contributed by atoms with van der Waals surface area (Å²) in [6.45, 7) is 2.18. The molecule has 0 aliphatic rings. The highest BCUT2D eigenvalue weighted by Gasteiger charge is 2.35. The van der Waals surface area contributed by atoms with Gasteiger partial charge in [-0.3, -0.25) is 5.32 Å². The van der Waals surface area contributed by atoms with Gasteiger partial charge in [0.25, 0.3) is 0 Å². The summed E-state index contributed by atoms with van der Waals surface area (Å²) in [5, 5.41) is 25.4. The second kappa shape index (κ2) is 7.37. The predicted octanol–water partition coefficient (Wildman–Crippen LogP) is 1.99. The first-order valence-electron chi connectivity index (χ1n) is 6.32. The highest BCUT2D eigenvalue weighted by molar-refractivity contribution is 5.80. The average molecular weight is 294 g/mol. The number of azide groups is 1. The summed E-state index contributed by atoms with van der Waals surface area (Å²) in [4.78, 5) is 14.2. The molecule has 0 spiro atoms. The first-order valence-corrected chi connectivity index (χ1v) is 6.32. The Morgan fingerprint density at radius 1 is 1.57 bits per heavy atom. The van der Waals surface area contributed by atoms with Crippen LogP contribution in [0, 0.1) is 0 Å². The molecule has 8 heteroatoms. The molecule has 0 aliphatic carbocycles. The summed E-state index contributed by atoms with van der Waals surface area (Å²) >= 11 is 0. The van der Waals surface area contributed by atoms with Gasteiger partial charge < -0.3 is 14.9 Å². The molecule has 1 rings (SSSR count). The van der Waals surface area contributed by atoms with Gasteiger partial charge in [0.1, 0.15) is 5.54 Å². The van der Waals surface area contributed by atoms with Crippen LogP contribution in [0.25, 0.3) is 10.4 Å². The van der Waals surface area contributed by atoms with E-state index in [0.717, 1.165) is 0 Å². The van der Waals surface area contributed by atoms with Crippen molar-refractivity contribution in [3.05, 3.63) is 34.2 Å². The summed E-state index contributed by atoms with van der Waals surface area (Å²) in [7, 11) is 1.39. The van der Waals surface area contributed by atoms with Gasteiger partial charge in [0.2, 0.25) is 0 Å². The van der Waals surface area contributed by atoms with E-state index in [4.69, 9.17) is 10.3 Å². The van der Waals surface area contributed by atoms with Crippen molar-refractivity contribution in [2.45, 2.75) is 18.9 Å². The number of methoxy groups -OCH3 is 1. The van der Waals surface area contributed by atoms with Gasteiger partial charge in [0.05, 0.1) is 7.11 Å². The maximum absolute atomic E-state index is 11.6. The van der Waals surface area contributed by atoms with E-state index in [1.165, 1.54) is 32.2 Å². The topological polar surface area (TPSA) is 128 Å². The van der Waals surface area contributed by atoms with Gasteiger partial charge in [-0.25, -0.2) is 4.79 Å². The molecule has 1 aromatic rings. The van der Waals surface area contributed by atoms with Crippen LogP contribution in [0.1, 0.15) is 18.9 Å². The lowest BCUT2D eigenvalue weighted by Crippen LogP contribution is -2.47. The van der Waals surface area contributed by atoms with Gasteiger partial charge >= 0.3 is 5.97 Å². The molecule has 0 radical (unpaired) electrons. The fourth-order valence-electron chi connectivity index (χ4n) is 1.82. The van der Waals surface area contributed by atoms with Crippen molar-refractivity contribution < 1.29 is 19.7 Å². The first-order chi connectivity index (χ1) is 9.95. The van der Waals surface area contributed by atoms with Gasteiger partial charge in [-0.1, -0.05) is 11.2 Å². The number of nitrogens with one attached hydrogen (secondary N) is 1. The van der Waals surface area contributed by atoms with E-state index < -0.39 is 11.5 Å². The normalized spacial score (nSPS) is 13.0. The van der Waals surface area contributed by atoms with Gasteiger partial charge in [-0.15, -0.1) is 0 Å². The van der Waals surface area contributed by atoms with Gasteiger partial charge in [0, 0.05) is 11.5 Å². The quantitative estimate of drug-likeness (QED) is 0.292. The van der Waals surface area contributed by atoms with Crippen LogP contribution in [0.4, 0.5) is 0 Å². The Kier molecular flexibility index (Phi) is 5.83. The lowest BCUT2D eigenvalue weighted by Gasteiger charge is -2.27. The highest BCUT2D eigenvalue weighted by Crippen LogP contribution is 2.31. The number of nitrogens with zero attached hydrogens (tertiary/aromatic N) is 3. The molecule has 0 saturated heterocycles. The van der Waals surface area contributed by atoms with E-state index in [-0.39, 0.29) is 18.0 Å². The van der Waals surface area contributed by atoms with Crippen LogP contribution >= 0.6 is 0 Å². The zero-order valence-corrected chi connectivity index (χ0v) is 11.9. The van der Waals surface area contributed by atoms with Crippen molar-refractivity contribution in [1.29, 1.82) is 0 Å². The number of phenols is 1. The number of ether oxygens (including phenoxy) is 1. The molecular formula is C13H18N4O4. The number of hydrogen-bond donors (Lipinski definition) is 3. The predicted molar refractivity (Wildman–Crippen MR) is 76.3 cm³/mol. The average Bonchev–Trinajstić information content (AvgIpc) is 2.47. The molecule has 0 bridgehead atoms. The Bertz CT molecular complexity index is 557. The lowest BCUT2D eigenvalue weighted by molar-refractivity contribution is -0.144. The third kappa shape index (κ3) is 4.01. The Balaban J connectivity index is 2.93. The van der Waals surface area contributed by atoms with Crippen LogP contribution < -0.4 is 10.1 Å². The Morgan fingerprint density at radius 2 is 2.29 bits per heavy atom. The standard InChI is InChI=1S/C13H18N4O4/c1-13(12(19)20,15-6-3-7-16-17-14)9-4-5-10(18)11(8-9)21-2/h4-5,8,15,18H,3,6-7H2,1-2H3,(H,19,20). The van der Waals surface area contributed by atoms with E-state index in [0.29, 0.717) is 18.5 Å². The molecule has 3 N–H and O–H groups in total. The molecule has 8 nitrogen and oxygen atoms in total. The van der Waals surface area contributed by atoms with Crippen LogP contribution in [-0.2, 0) is 10.3 Å². The molecule has 0 amide bonds. The van der Waals surface area contributed by atoms with Crippen LogP contribution in [-0.4, -0.2) is 36.4 Å². The molecule has 114 valence electrons. The highest BCUT2D eigenvalue weighted by atomic mass is 16.5. The Hall–Kier alpha value is -2.44. The van der Waals surface area contributed by atoms with Crippen molar-refractivity contribution in [2.75, 3.05) is 20.2 Å². The minimum Gasteiger partial charge on any atom is -0.504 e. The van der Waals surface area contributed by atoms with Crippen LogP contribution in [0.2, 0.25) is 0 Å². The Morgan fingerprint density at radius 3 is 2.86 bits per heavy atom. The zero-order valence-electron chi connectivity index (χ0n) is 11.9. The molecule has 0 fully saturated rings. The fourth-order valence-corrected chi connectivity index (χ4v) is 1.82. The second-order valence-electron chi connectivity index (χ2n) is 4.55. The molecule has 0 heterocycles. The Labute approximate surface area is 122 Å². The summed E-state index contributed by atoms with van der Waals surface area (Å²) in [6, 6.07) is 4.38. The van der Waals surface area contributed by atoms with Crippen molar-refractivity contribution >= 4 is 5.97 Å². The van der Waals surface area contributed by atoms with Crippen molar-refractivity contribution in [2.24, 2.45) is 5.11 Å². The maximum Gasteiger partial charge on any atom is 0.328 e. The number of benzene rings is 1. The molecular weight excluding hydrogens is 276 g/mol. The smallest absolute Gasteiger partial charge is 0.328 e. The number of hydrogen-bond acceptors (Lipinski definition) is 5. The van der Waals surface area contributed by atoms with Crippen LogP contribution in [0.15, 0.2) is 23.3 Å². The largest absolute Gasteiger partial charge is 0.504 e. The van der Waals surface area contributed by atoms with E-state index >= 15 is 0 Å². The number of aliphatic carboxylic acids is 1. The second-order valence-corrected chi connectivity index (χ2v) is 4.55. The van der Waals surface area contributed by atoms with Crippen LogP contribution in [0.3, 0.4) is 0 Å². The van der Waals surface area contributed by atoms with Gasteiger partial charge in [-0.05, 0) is 43.1 Å². The minimum absolute atomic E-state index is 0.0580. The molecule has 21 heavy (non-hydrogen) atoms. The number of carboxylic acids is 1. The number of carboxylic acid groups (broad SMARTS) is 1. The summed E-state index contributed by atoms with van der Waals surface area (Å²) in [5.41, 5.74) is 7.30. The number of aromatic hydroxyl groups is 1. The number of rotatable bonds is 8. The van der Waals surface area contributed by atoms with Crippen molar-refractivity contribution in [3.8, 4) is 11.5 Å². The summed E-state index contributed by atoms with van der Waals surface area (Å²) in [6.07, 6.45) is 0.516. The zero-order chi connectivity index (χ0) is 15.9. The SMILES string of the molecule is COc1cc(C(C)(NCCCN=[N+]=[N-])C(=O)O)ccc1O. The van der Waals surface area contributed by atoms with E-state index in [9.17, 15) is 15.0 Å². The molecule has 1 aromatic carbocycles. The lowest BCUT2D eigenvalue weighted by atomic mass is 9.91. The molecule has 1 atom stereocenters. The number of carbonyl (C=O) groups is 1. The summed E-state index contributed by atoms with van der Waals surface area (Å²) in [5.74, 6) is -0.910. The fraction of sp³-hybridized carbons (Fsp3) is 0.462. The van der Waals surface area contributed by atoms with E-state index in [1.807, 2.05) is 0 Å². The van der Waals surface area contributed by atoms with Gasteiger partial charge in [0.15, 0.2) is 11.5 Å². The van der Waals surface area contributed by atoms with Gasteiger partial charge in [-0.2, -0.15) is 0 Å². The molecule has 0 saturated carbocycles. The summed E-state index contributed by atoms with van der Waals surface area (Å²) < 4.78 is 4.99. The molecule has 0 aromatic heterocycles. The number of phenolic OH excluding ortho intramolecular Hbond substituents is 1. The third-order valence-corrected chi connectivity index (χ3v) is 3.16. The molecule has 1 unspecified atom stereocenters. The first kappa shape index (κ1) is 16.6. The van der Waals surface area contributed by atoms with Crippen LogP contribution in [0.5, 0.6) is 11.5 Å². The maximum atomic E-state index is 11.6. The van der Waals surface area contributed by atoms with Crippen molar-refractivity contribution in [1.82, 2.24) is 5.32 Å². The minimum atomic E-state index is -1.34. The van der Waals surface area contributed by atoms with Crippen molar-refractivity contribution in [3.63, 3.8) is 0 Å². The monoisotopic (exact) mass is 294 g/mol.